The van der Waals surface area contributed by atoms with Gasteiger partial charge in [-0.3, -0.25) is 0 Å². The number of carbonyl (C=O) groups excluding carboxylic acids is 1. The smallest absolute Gasteiger partial charge is 0.405 e. The molecule has 21 heavy (non-hydrogen) atoms. The number of primary amides is 1. The molecular weight excluding hydrogens is 387 g/mol. The van der Waals surface area contributed by atoms with Gasteiger partial charge in [-0.25, -0.2) is 9.59 Å². The van der Waals surface area contributed by atoms with Gasteiger partial charge in [0.15, 0.2) is 0 Å². The lowest BCUT2D eigenvalue weighted by atomic mass is 9.97. The van der Waals surface area contributed by atoms with Crippen LogP contribution < -0.4 is 11.1 Å². The summed E-state index contributed by atoms with van der Waals surface area (Å²) >= 11 is 2.12. The number of hydrogen-bond donors (Lipinski definition) is 3. The molecule has 2 amide bonds. The number of halogens is 1. The van der Waals surface area contributed by atoms with Crippen molar-refractivity contribution < 1.29 is 19.4 Å². The molecule has 0 aliphatic rings. The van der Waals surface area contributed by atoms with Crippen molar-refractivity contribution in [3.8, 4) is 0 Å². The maximum absolute atomic E-state index is 11.1. The van der Waals surface area contributed by atoms with E-state index in [4.69, 9.17) is 15.6 Å². The number of nitrogens with two attached hydrogens (primary N) is 1. The number of unbranched alkanes of at least 4 members (excludes halogenated alkanes) is 1. The molecule has 4 N–H and O–H groups in total. The Bertz CT molecular complexity index is 496. The zero-order chi connectivity index (χ0) is 15.8. The third-order valence-electron chi connectivity index (χ3n) is 3.00. The van der Waals surface area contributed by atoms with Gasteiger partial charge in [0.2, 0.25) is 0 Å². The van der Waals surface area contributed by atoms with Crippen LogP contribution in [0.4, 0.5) is 9.59 Å². The monoisotopic (exact) mass is 406 g/mol. The van der Waals surface area contributed by atoms with E-state index in [9.17, 15) is 9.59 Å². The van der Waals surface area contributed by atoms with Gasteiger partial charge in [-0.2, -0.15) is 0 Å². The Hall–Kier alpha value is -1.51. The Labute approximate surface area is 137 Å². The van der Waals surface area contributed by atoms with Crippen molar-refractivity contribution in [1.82, 2.24) is 5.32 Å². The fourth-order valence-electron chi connectivity index (χ4n) is 2.08. The summed E-state index contributed by atoms with van der Waals surface area (Å²) in [6, 6.07) is 6.71. The molecule has 2 atom stereocenters. The largest absolute Gasteiger partial charge is 0.465 e. The summed E-state index contributed by atoms with van der Waals surface area (Å²) in [6.45, 7) is 2.01. The molecule has 0 heterocycles. The van der Waals surface area contributed by atoms with Crippen molar-refractivity contribution in [2.75, 3.05) is 0 Å². The molecule has 0 spiro atoms. The van der Waals surface area contributed by atoms with Crippen molar-refractivity contribution in [1.29, 1.82) is 0 Å². The van der Waals surface area contributed by atoms with Gasteiger partial charge in [-0.1, -0.05) is 31.5 Å². The van der Waals surface area contributed by atoms with Crippen LogP contribution in [-0.2, 0) is 4.74 Å². The fraction of sp³-hybridized carbons (Fsp3) is 0.429. The summed E-state index contributed by atoms with van der Waals surface area (Å²) in [6.07, 6.45) is -0.457. The Morgan fingerprint density at radius 1 is 1.43 bits per heavy atom. The summed E-state index contributed by atoms with van der Waals surface area (Å²) in [5, 5.41) is 11.5. The van der Waals surface area contributed by atoms with Crippen LogP contribution in [0.5, 0.6) is 0 Å². The van der Waals surface area contributed by atoms with Crippen LogP contribution in [0.25, 0.3) is 0 Å². The number of ether oxygens (including phenoxy) is 1. The summed E-state index contributed by atoms with van der Waals surface area (Å²) in [7, 11) is 0. The first-order valence-electron chi connectivity index (χ1n) is 6.65. The van der Waals surface area contributed by atoms with Gasteiger partial charge >= 0.3 is 12.2 Å². The Morgan fingerprint density at radius 2 is 2.10 bits per heavy atom. The van der Waals surface area contributed by atoms with Crippen molar-refractivity contribution in [2.45, 2.75) is 38.3 Å². The quantitative estimate of drug-likeness (QED) is 0.605. The van der Waals surface area contributed by atoms with Crippen molar-refractivity contribution in [3.63, 3.8) is 0 Å². The molecule has 0 aliphatic carbocycles. The van der Waals surface area contributed by atoms with E-state index in [-0.39, 0.29) is 0 Å². The van der Waals surface area contributed by atoms with Crippen molar-refractivity contribution >= 4 is 34.8 Å². The average molecular weight is 406 g/mol. The zero-order valence-corrected chi connectivity index (χ0v) is 13.9. The van der Waals surface area contributed by atoms with E-state index in [0.29, 0.717) is 6.42 Å². The van der Waals surface area contributed by atoms with Crippen LogP contribution in [0.2, 0.25) is 0 Å². The second-order valence-electron chi connectivity index (χ2n) is 4.57. The predicted molar refractivity (Wildman–Crippen MR) is 87.0 cm³/mol. The zero-order valence-electron chi connectivity index (χ0n) is 11.7. The summed E-state index contributed by atoms with van der Waals surface area (Å²) in [5.41, 5.74) is 5.88. The highest BCUT2D eigenvalue weighted by atomic mass is 127. The van der Waals surface area contributed by atoms with Crippen LogP contribution in [0, 0.1) is 3.57 Å². The average Bonchev–Trinajstić information content (AvgIpc) is 2.41. The number of hydrogen-bond acceptors (Lipinski definition) is 3. The van der Waals surface area contributed by atoms with Crippen LogP contribution in [0.1, 0.15) is 37.8 Å². The molecule has 1 aromatic carbocycles. The molecule has 0 radical (unpaired) electrons. The minimum Gasteiger partial charge on any atom is -0.465 e. The van der Waals surface area contributed by atoms with Gasteiger partial charge < -0.3 is 20.9 Å². The topological polar surface area (TPSA) is 102 Å². The molecule has 1 aromatic rings. The normalized spacial score (nSPS) is 13.2. The number of nitrogens with one attached hydrogen (secondary N) is 1. The molecule has 0 aromatic heterocycles. The van der Waals surface area contributed by atoms with Crippen molar-refractivity contribution in [2.24, 2.45) is 5.73 Å². The predicted octanol–water partition coefficient (Wildman–Crippen LogP) is 3.25. The van der Waals surface area contributed by atoms with Gasteiger partial charge in [0.1, 0.15) is 6.10 Å². The minimum absolute atomic E-state index is 0.537. The maximum Gasteiger partial charge on any atom is 0.405 e. The van der Waals surface area contributed by atoms with E-state index in [0.717, 1.165) is 22.0 Å². The highest BCUT2D eigenvalue weighted by molar-refractivity contribution is 14.1. The number of benzene rings is 1. The third-order valence-corrected chi connectivity index (χ3v) is 3.98. The Balaban J connectivity index is 3.09. The molecule has 0 saturated heterocycles. The number of carbonyl (C=O) groups is 2. The molecule has 1 rings (SSSR count). The molecule has 116 valence electrons. The van der Waals surface area contributed by atoms with Gasteiger partial charge in [0.05, 0.1) is 6.04 Å². The number of rotatable bonds is 7. The number of carboxylic acid groups (broad SMARTS) is 1. The molecule has 0 bridgehead atoms. The second kappa shape index (κ2) is 8.71. The van der Waals surface area contributed by atoms with Gasteiger partial charge in [-0.05, 0) is 47.1 Å². The fourth-order valence-corrected chi connectivity index (χ4v) is 2.80. The Morgan fingerprint density at radius 3 is 2.62 bits per heavy atom. The molecule has 7 heteroatoms. The Kier molecular flexibility index (Phi) is 7.27. The highest BCUT2D eigenvalue weighted by Crippen LogP contribution is 2.27. The summed E-state index contributed by atoms with van der Waals surface area (Å²) < 4.78 is 6.03. The van der Waals surface area contributed by atoms with E-state index in [1.165, 1.54) is 0 Å². The van der Waals surface area contributed by atoms with Gasteiger partial charge in [0, 0.05) is 3.57 Å². The minimum atomic E-state index is -1.17. The SMILES string of the molecule is CCCCC(OC(N)=O)C(NC(=O)O)c1ccccc1I. The molecule has 0 fully saturated rings. The number of amides is 2. The lowest BCUT2D eigenvalue weighted by Crippen LogP contribution is -2.39. The van der Waals surface area contributed by atoms with Crippen LogP contribution in [0.15, 0.2) is 24.3 Å². The van der Waals surface area contributed by atoms with Crippen molar-refractivity contribution in [3.05, 3.63) is 33.4 Å². The first kappa shape index (κ1) is 17.5. The molecule has 6 nitrogen and oxygen atoms in total. The van der Waals surface area contributed by atoms with E-state index in [1.54, 1.807) is 0 Å². The molecular formula is C14H19IN2O4. The molecule has 0 saturated carbocycles. The maximum atomic E-state index is 11.1. The van der Waals surface area contributed by atoms with E-state index >= 15 is 0 Å². The molecule has 0 aliphatic heterocycles. The van der Waals surface area contributed by atoms with E-state index < -0.39 is 24.3 Å². The summed E-state index contributed by atoms with van der Waals surface area (Å²) in [5.74, 6) is 0. The van der Waals surface area contributed by atoms with Gasteiger partial charge in [-0.15, -0.1) is 0 Å². The van der Waals surface area contributed by atoms with E-state index in [1.807, 2.05) is 31.2 Å². The summed E-state index contributed by atoms with van der Waals surface area (Å²) in [4.78, 5) is 22.2. The van der Waals surface area contributed by atoms with Crippen LogP contribution in [0.3, 0.4) is 0 Å². The lowest BCUT2D eigenvalue weighted by Gasteiger charge is -2.27. The lowest BCUT2D eigenvalue weighted by molar-refractivity contribution is 0.0722. The van der Waals surface area contributed by atoms with E-state index in [2.05, 4.69) is 27.9 Å². The van der Waals surface area contributed by atoms with Gasteiger partial charge in [0.25, 0.3) is 0 Å². The van der Waals surface area contributed by atoms with Crippen LogP contribution >= 0.6 is 22.6 Å². The first-order valence-corrected chi connectivity index (χ1v) is 7.73. The second-order valence-corrected chi connectivity index (χ2v) is 5.73. The van der Waals surface area contributed by atoms with Crippen LogP contribution in [-0.4, -0.2) is 23.4 Å². The third kappa shape index (κ3) is 5.78. The molecule has 2 unspecified atom stereocenters. The first-order chi connectivity index (χ1) is 9.95. The standard InChI is InChI=1S/C14H19IN2O4/c1-2-3-8-11(21-13(16)18)12(17-14(19)20)9-6-4-5-7-10(9)15/h4-7,11-12,17H,2-3,8H2,1H3,(H2,16,18)(H,19,20). The highest BCUT2D eigenvalue weighted by Gasteiger charge is 2.28.